The van der Waals surface area contributed by atoms with E-state index in [4.69, 9.17) is 4.74 Å². The van der Waals surface area contributed by atoms with Gasteiger partial charge >= 0.3 is 6.09 Å². The lowest BCUT2D eigenvalue weighted by molar-refractivity contribution is 0.143. The number of aryl methyl sites for hydroxylation is 3. The van der Waals surface area contributed by atoms with Gasteiger partial charge < -0.3 is 14.5 Å². The quantitative estimate of drug-likeness (QED) is 0.446. The minimum absolute atomic E-state index is 0.291. The molecule has 2 aromatic heterocycles. The van der Waals surface area contributed by atoms with E-state index in [2.05, 4.69) is 38.4 Å². The molecule has 1 amide bonds. The maximum absolute atomic E-state index is 12.7. The normalized spacial score (nSPS) is 14.5. The molecule has 1 saturated heterocycles. The van der Waals surface area contributed by atoms with Crippen LogP contribution in [0, 0.1) is 6.92 Å². The van der Waals surface area contributed by atoms with Crippen molar-refractivity contribution in [2.75, 3.05) is 33.7 Å². The van der Waals surface area contributed by atoms with Gasteiger partial charge in [0, 0.05) is 36.8 Å². The molecular weight excluding hydrogens is 462 g/mol. The first kappa shape index (κ1) is 25.1. The Morgan fingerprint density at radius 3 is 2.63 bits per heavy atom. The van der Waals surface area contributed by atoms with E-state index in [0.717, 1.165) is 49.6 Å². The third-order valence-electron chi connectivity index (χ3n) is 6.00. The summed E-state index contributed by atoms with van der Waals surface area (Å²) in [5.74, 6) is 0.573. The van der Waals surface area contributed by atoms with Gasteiger partial charge in [-0.2, -0.15) is 0 Å². The number of carbonyl (C=O) groups is 1. The van der Waals surface area contributed by atoms with Crippen LogP contribution in [-0.2, 0) is 19.4 Å². The van der Waals surface area contributed by atoms with Crippen LogP contribution in [0.5, 0.6) is 5.75 Å². The van der Waals surface area contributed by atoms with Gasteiger partial charge in [0.2, 0.25) is 5.16 Å². The van der Waals surface area contributed by atoms with E-state index in [1.54, 1.807) is 16.7 Å². The standard InChI is InChI=1S/C25H33N7O2S/c1-19-10-13-26-21(18-19)7-4-20-5-8-22(9-6-20)34-25(33)31-14-11-23(12-15-31)35-24-27-28-29-32(24)17-16-30(2)3/h5-6,8-10,13,18,23H,4,7,11-12,14-17H2,1-3H3. The summed E-state index contributed by atoms with van der Waals surface area (Å²) in [6.07, 6.45) is 5.10. The number of benzene rings is 1. The van der Waals surface area contributed by atoms with Gasteiger partial charge in [0.05, 0.1) is 6.54 Å². The first-order valence-electron chi connectivity index (χ1n) is 12.0. The first-order chi connectivity index (χ1) is 17.0. The molecule has 1 aromatic carbocycles. The molecule has 0 bridgehead atoms. The van der Waals surface area contributed by atoms with Crippen molar-refractivity contribution < 1.29 is 9.53 Å². The topological polar surface area (TPSA) is 89.3 Å². The van der Waals surface area contributed by atoms with Gasteiger partial charge in [-0.3, -0.25) is 4.98 Å². The van der Waals surface area contributed by atoms with Gasteiger partial charge in [-0.05, 0) is 92.5 Å². The maximum atomic E-state index is 12.7. The largest absolute Gasteiger partial charge is 0.415 e. The van der Waals surface area contributed by atoms with Gasteiger partial charge in [-0.25, -0.2) is 9.48 Å². The highest BCUT2D eigenvalue weighted by Gasteiger charge is 2.26. The molecule has 1 fully saturated rings. The molecule has 10 heteroatoms. The van der Waals surface area contributed by atoms with E-state index in [1.807, 2.05) is 55.3 Å². The van der Waals surface area contributed by atoms with Crippen molar-refractivity contribution in [2.45, 2.75) is 49.6 Å². The molecule has 0 saturated carbocycles. The maximum Gasteiger partial charge on any atom is 0.415 e. The lowest BCUT2D eigenvalue weighted by Gasteiger charge is -2.30. The van der Waals surface area contributed by atoms with Crippen molar-refractivity contribution >= 4 is 17.9 Å². The van der Waals surface area contributed by atoms with Crippen LogP contribution in [0.4, 0.5) is 4.79 Å². The highest BCUT2D eigenvalue weighted by Crippen LogP contribution is 2.29. The lowest BCUT2D eigenvalue weighted by Crippen LogP contribution is -2.41. The van der Waals surface area contributed by atoms with E-state index in [-0.39, 0.29) is 6.09 Å². The molecule has 3 aromatic rings. The lowest BCUT2D eigenvalue weighted by atomic mass is 10.1. The number of carbonyl (C=O) groups excluding carboxylic acids is 1. The van der Waals surface area contributed by atoms with Crippen molar-refractivity contribution in [3.05, 3.63) is 59.4 Å². The number of amides is 1. The fraction of sp³-hybridized carbons (Fsp3) is 0.480. The highest BCUT2D eigenvalue weighted by atomic mass is 32.2. The summed E-state index contributed by atoms with van der Waals surface area (Å²) < 4.78 is 7.48. The predicted molar refractivity (Wildman–Crippen MR) is 136 cm³/mol. The Balaban J connectivity index is 1.21. The fourth-order valence-corrected chi connectivity index (χ4v) is 5.00. The second kappa shape index (κ2) is 12.1. The second-order valence-electron chi connectivity index (χ2n) is 9.13. The minimum Gasteiger partial charge on any atom is -0.410 e. The molecule has 0 N–H and O–H groups in total. The highest BCUT2D eigenvalue weighted by molar-refractivity contribution is 7.99. The summed E-state index contributed by atoms with van der Waals surface area (Å²) in [5, 5.41) is 13.3. The van der Waals surface area contributed by atoms with E-state index in [9.17, 15) is 4.79 Å². The van der Waals surface area contributed by atoms with Crippen LogP contribution in [0.3, 0.4) is 0 Å². The number of rotatable bonds is 9. The van der Waals surface area contributed by atoms with Crippen LogP contribution in [0.15, 0.2) is 47.8 Å². The molecule has 35 heavy (non-hydrogen) atoms. The van der Waals surface area contributed by atoms with Gasteiger partial charge in [-0.15, -0.1) is 5.10 Å². The Morgan fingerprint density at radius 1 is 1.14 bits per heavy atom. The van der Waals surface area contributed by atoms with Crippen LogP contribution in [0.25, 0.3) is 0 Å². The third-order valence-corrected chi connectivity index (χ3v) is 7.31. The molecule has 1 aliphatic rings. The fourth-order valence-electron chi connectivity index (χ4n) is 3.92. The third kappa shape index (κ3) is 7.50. The number of tetrazole rings is 1. The van der Waals surface area contributed by atoms with Crippen LogP contribution < -0.4 is 4.74 Å². The Hall–Kier alpha value is -2.98. The van der Waals surface area contributed by atoms with Crippen molar-refractivity contribution in [1.29, 1.82) is 0 Å². The molecule has 1 aliphatic heterocycles. The van der Waals surface area contributed by atoms with E-state index in [0.29, 0.717) is 24.1 Å². The Labute approximate surface area is 210 Å². The zero-order valence-electron chi connectivity index (χ0n) is 20.6. The van der Waals surface area contributed by atoms with Crippen LogP contribution in [-0.4, -0.2) is 80.1 Å². The van der Waals surface area contributed by atoms with Gasteiger partial charge in [-0.1, -0.05) is 23.9 Å². The van der Waals surface area contributed by atoms with E-state index < -0.39 is 0 Å². The van der Waals surface area contributed by atoms with Crippen LogP contribution in [0.1, 0.15) is 29.7 Å². The number of piperidine rings is 1. The molecule has 3 heterocycles. The van der Waals surface area contributed by atoms with Crippen molar-refractivity contribution in [2.24, 2.45) is 0 Å². The zero-order valence-corrected chi connectivity index (χ0v) is 21.4. The van der Waals surface area contributed by atoms with Crippen molar-refractivity contribution in [3.63, 3.8) is 0 Å². The molecule has 0 unspecified atom stereocenters. The van der Waals surface area contributed by atoms with Gasteiger partial charge in [0.25, 0.3) is 0 Å². The number of aromatic nitrogens is 5. The first-order valence-corrected chi connectivity index (χ1v) is 12.9. The monoisotopic (exact) mass is 495 g/mol. The molecule has 0 radical (unpaired) electrons. The average Bonchev–Trinajstić information content (AvgIpc) is 3.29. The summed E-state index contributed by atoms with van der Waals surface area (Å²) >= 11 is 1.70. The van der Waals surface area contributed by atoms with E-state index >= 15 is 0 Å². The molecule has 0 aliphatic carbocycles. The number of likely N-dealkylation sites (N-methyl/N-ethyl adjacent to an activating group) is 1. The molecule has 0 spiro atoms. The zero-order chi connectivity index (χ0) is 24.6. The van der Waals surface area contributed by atoms with Crippen LogP contribution in [0.2, 0.25) is 0 Å². The number of thioether (sulfide) groups is 1. The molecular formula is C25H33N7O2S. The number of ether oxygens (including phenoxy) is 1. The van der Waals surface area contributed by atoms with Crippen molar-refractivity contribution in [1.82, 2.24) is 35.0 Å². The summed E-state index contributed by atoms with van der Waals surface area (Å²) in [7, 11) is 4.07. The summed E-state index contributed by atoms with van der Waals surface area (Å²) in [5.41, 5.74) is 3.51. The Bertz CT molecular complexity index is 1100. The number of hydrogen-bond acceptors (Lipinski definition) is 8. The molecule has 4 rings (SSSR count). The molecule has 9 nitrogen and oxygen atoms in total. The number of hydrogen-bond donors (Lipinski definition) is 0. The van der Waals surface area contributed by atoms with Crippen molar-refractivity contribution in [3.8, 4) is 5.75 Å². The number of nitrogens with zero attached hydrogens (tertiary/aromatic N) is 7. The summed E-state index contributed by atoms with van der Waals surface area (Å²) in [6.45, 7) is 5.05. The minimum atomic E-state index is -0.291. The predicted octanol–water partition coefficient (Wildman–Crippen LogP) is 3.48. The van der Waals surface area contributed by atoms with E-state index in [1.165, 1.54) is 11.1 Å². The Morgan fingerprint density at radius 2 is 1.91 bits per heavy atom. The smallest absolute Gasteiger partial charge is 0.410 e. The van der Waals surface area contributed by atoms with Gasteiger partial charge in [0.1, 0.15) is 5.75 Å². The number of pyridine rings is 1. The average molecular weight is 496 g/mol. The molecule has 186 valence electrons. The summed E-state index contributed by atoms with van der Waals surface area (Å²) in [4.78, 5) is 21.0. The number of likely N-dealkylation sites (tertiary alicyclic amines) is 1. The SMILES string of the molecule is Cc1ccnc(CCc2ccc(OC(=O)N3CCC(Sc4nnnn4CCN(C)C)CC3)cc2)c1. The van der Waals surface area contributed by atoms with Crippen LogP contribution >= 0.6 is 11.8 Å². The molecule has 0 atom stereocenters. The second-order valence-corrected chi connectivity index (χ2v) is 10.4. The Kier molecular flexibility index (Phi) is 8.70. The van der Waals surface area contributed by atoms with Gasteiger partial charge in [0.15, 0.2) is 0 Å². The summed E-state index contributed by atoms with van der Waals surface area (Å²) in [6, 6.07) is 11.9.